The Balaban J connectivity index is 2.30. The van der Waals surface area contributed by atoms with Gasteiger partial charge in [0.1, 0.15) is 6.33 Å². The van der Waals surface area contributed by atoms with Gasteiger partial charge in [0.25, 0.3) is 0 Å². The Morgan fingerprint density at radius 3 is 3.00 bits per heavy atom. The molecule has 5 nitrogen and oxygen atoms in total. The molecular formula is C8H11N3O2S. The van der Waals surface area contributed by atoms with Gasteiger partial charge in [0.15, 0.2) is 0 Å². The third kappa shape index (κ3) is 1.76. The van der Waals surface area contributed by atoms with Crippen LogP contribution >= 0.6 is 0 Å². The average molecular weight is 213 g/mol. The van der Waals surface area contributed by atoms with Crippen LogP contribution in [0.15, 0.2) is 12.5 Å². The third-order valence-electron chi connectivity index (χ3n) is 2.30. The smallest absolute Gasteiger partial charge is 0.211 e. The van der Waals surface area contributed by atoms with Gasteiger partial charge in [-0.3, -0.25) is 0 Å². The van der Waals surface area contributed by atoms with Crippen LogP contribution in [0.3, 0.4) is 0 Å². The molecule has 0 saturated carbocycles. The maximum Gasteiger partial charge on any atom is 0.211 e. The number of rotatable bonds is 1. The zero-order valence-electron chi connectivity index (χ0n) is 7.84. The molecule has 2 rings (SSSR count). The van der Waals surface area contributed by atoms with E-state index in [9.17, 15) is 8.42 Å². The van der Waals surface area contributed by atoms with Crippen molar-refractivity contribution in [2.24, 2.45) is 0 Å². The number of nitrogens with zero attached hydrogens (tertiary/aromatic N) is 3. The Kier molecular flexibility index (Phi) is 2.24. The summed E-state index contributed by atoms with van der Waals surface area (Å²) in [5.41, 5.74) is 1.86. The Morgan fingerprint density at radius 2 is 2.29 bits per heavy atom. The van der Waals surface area contributed by atoms with E-state index in [0.29, 0.717) is 19.5 Å². The van der Waals surface area contributed by atoms with Crippen LogP contribution in [-0.2, 0) is 23.0 Å². The topological polar surface area (TPSA) is 63.2 Å². The highest BCUT2D eigenvalue weighted by Crippen LogP contribution is 2.17. The van der Waals surface area contributed by atoms with Crippen LogP contribution in [0, 0.1) is 0 Å². The molecule has 6 heteroatoms. The third-order valence-corrected chi connectivity index (χ3v) is 3.54. The molecule has 14 heavy (non-hydrogen) atoms. The van der Waals surface area contributed by atoms with Crippen molar-refractivity contribution in [3.63, 3.8) is 0 Å². The van der Waals surface area contributed by atoms with Crippen molar-refractivity contribution >= 4 is 10.0 Å². The highest BCUT2D eigenvalue weighted by molar-refractivity contribution is 7.88. The summed E-state index contributed by atoms with van der Waals surface area (Å²) in [6.07, 6.45) is 5.07. The van der Waals surface area contributed by atoms with E-state index in [2.05, 4.69) is 9.97 Å². The Bertz CT molecular complexity index is 444. The summed E-state index contributed by atoms with van der Waals surface area (Å²) in [6.45, 7) is 0.915. The van der Waals surface area contributed by atoms with E-state index in [-0.39, 0.29) is 0 Å². The van der Waals surface area contributed by atoms with Gasteiger partial charge in [0.05, 0.1) is 6.26 Å². The van der Waals surface area contributed by atoms with Gasteiger partial charge in [-0.2, -0.15) is 4.31 Å². The van der Waals surface area contributed by atoms with Gasteiger partial charge >= 0.3 is 0 Å². The van der Waals surface area contributed by atoms with Crippen LogP contribution < -0.4 is 0 Å². The van der Waals surface area contributed by atoms with Gasteiger partial charge in [-0.25, -0.2) is 18.4 Å². The lowest BCUT2D eigenvalue weighted by Gasteiger charge is -2.25. The van der Waals surface area contributed by atoms with Crippen LogP contribution in [0.1, 0.15) is 11.3 Å². The number of aromatic nitrogens is 2. The lowest BCUT2D eigenvalue weighted by Crippen LogP contribution is -2.35. The molecule has 0 aromatic carbocycles. The van der Waals surface area contributed by atoms with E-state index < -0.39 is 10.0 Å². The van der Waals surface area contributed by atoms with Crippen molar-refractivity contribution in [2.75, 3.05) is 12.8 Å². The molecule has 0 bridgehead atoms. The van der Waals surface area contributed by atoms with Crippen LogP contribution in [0.25, 0.3) is 0 Å². The lowest BCUT2D eigenvalue weighted by atomic mass is 10.1. The van der Waals surface area contributed by atoms with Crippen molar-refractivity contribution in [2.45, 2.75) is 13.0 Å². The van der Waals surface area contributed by atoms with E-state index in [4.69, 9.17) is 0 Å². The summed E-state index contributed by atoms with van der Waals surface area (Å²) in [6, 6.07) is 0. The van der Waals surface area contributed by atoms with E-state index in [1.54, 1.807) is 6.20 Å². The van der Waals surface area contributed by atoms with Crippen LogP contribution in [0.5, 0.6) is 0 Å². The largest absolute Gasteiger partial charge is 0.244 e. The molecular weight excluding hydrogens is 202 g/mol. The summed E-state index contributed by atoms with van der Waals surface area (Å²) >= 11 is 0. The summed E-state index contributed by atoms with van der Waals surface area (Å²) in [5, 5.41) is 0. The highest BCUT2D eigenvalue weighted by Gasteiger charge is 2.23. The fraction of sp³-hybridized carbons (Fsp3) is 0.500. The molecule has 1 aromatic rings. The average Bonchev–Trinajstić information content (AvgIpc) is 2.16. The second kappa shape index (κ2) is 3.29. The molecule has 0 saturated heterocycles. The molecule has 0 atom stereocenters. The first-order valence-corrected chi connectivity index (χ1v) is 6.15. The number of hydrogen-bond acceptors (Lipinski definition) is 4. The van der Waals surface area contributed by atoms with Gasteiger partial charge in [0, 0.05) is 37.0 Å². The summed E-state index contributed by atoms with van der Waals surface area (Å²) < 4.78 is 24.0. The maximum absolute atomic E-state index is 11.3. The minimum atomic E-state index is -3.09. The van der Waals surface area contributed by atoms with E-state index >= 15 is 0 Å². The first kappa shape index (κ1) is 9.54. The molecule has 2 heterocycles. The predicted octanol–water partition coefficient (Wildman–Crippen LogP) is -0.206. The first-order chi connectivity index (χ1) is 6.57. The fourth-order valence-corrected chi connectivity index (χ4v) is 2.32. The zero-order chi connectivity index (χ0) is 10.2. The second-order valence-corrected chi connectivity index (χ2v) is 5.32. The van der Waals surface area contributed by atoms with Gasteiger partial charge in [-0.15, -0.1) is 0 Å². The molecule has 0 unspecified atom stereocenters. The van der Waals surface area contributed by atoms with E-state index in [1.807, 2.05) is 0 Å². The van der Waals surface area contributed by atoms with Gasteiger partial charge in [0.2, 0.25) is 10.0 Å². The normalized spacial score (nSPS) is 17.8. The Labute approximate surface area is 82.8 Å². The number of hydrogen-bond donors (Lipinski definition) is 0. The number of sulfonamides is 1. The summed E-state index contributed by atoms with van der Waals surface area (Å²) in [4.78, 5) is 7.99. The fourth-order valence-electron chi connectivity index (χ4n) is 1.52. The molecule has 0 radical (unpaired) electrons. The van der Waals surface area contributed by atoms with Crippen molar-refractivity contribution in [1.82, 2.24) is 14.3 Å². The van der Waals surface area contributed by atoms with Gasteiger partial charge < -0.3 is 0 Å². The van der Waals surface area contributed by atoms with Crippen LogP contribution in [-0.4, -0.2) is 35.5 Å². The SMILES string of the molecule is CS(=O)(=O)N1CCc2ncncc2C1. The summed E-state index contributed by atoms with van der Waals surface area (Å²) in [7, 11) is -3.09. The Morgan fingerprint density at radius 1 is 1.50 bits per heavy atom. The standard InChI is InChI=1S/C8H11N3O2S/c1-14(12,13)11-3-2-8-7(5-11)4-9-6-10-8/h4,6H,2-3,5H2,1H3. The van der Waals surface area contributed by atoms with Crippen LogP contribution in [0.4, 0.5) is 0 Å². The van der Waals surface area contributed by atoms with E-state index in [0.717, 1.165) is 11.3 Å². The number of fused-ring (bicyclic) bond motifs is 1. The predicted molar refractivity (Wildman–Crippen MR) is 51.0 cm³/mol. The minimum absolute atomic E-state index is 0.398. The zero-order valence-corrected chi connectivity index (χ0v) is 8.66. The van der Waals surface area contributed by atoms with Gasteiger partial charge in [-0.1, -0.05) is 0 Å². The maximum atomic E-state index is 11.3. The van der Waals surface area contributed by atoms with Crippen molar-refractivity contribution in [1.29, 1.82) is 0 Å². The lowest BCUT2D eigenvalue weighted by molar-refractivity contribution is 0.390. The van der Waals surface area contributed by atoms with Crippen LogP contribution in [0.2, 0.25) is 0 Å². The highest BCUT2D eigenvalue weighted by atomic mass is 32.2. The molecule has 0 N–H and O–H groups in total. The molecule has 0 aliphatic carbocycles. The molecule has 0 amide bonds. The first-order valence-electron chi connectivity index (χ1n) is 4.30. The molecule has 1 aromatic heterocycles. The van der Waals surface area contributed by atoms with Crippen molar-refractivity contribution < 1.29 is 8.42 Å². The van der Waals surface area contributed by atoms with E-state index in [1.165, 1.54) is 16.9 Å². The quantitative estimate of drug-likeness (QED) is 0.648. The molecule has 1 aliphatic heterocycles. The molecule has 1 aliphatic rings. The monoisotopic (exact) mass is 213 g/mol. The molecule has 0 spiro atoms. The van der Waals surface area contributed by atoms with Gasteiger partial charge in [-0.05, 0) is 0 Å². The van der Waals surface area contributed by atoms with Crippen molar-refractivity contribution in [3.8, 4) is 0 Å². The minimum Gasteiger partial charge on any atom is -0.244 e. The van der Waals surface area contributed by atoms with Crippen molar-refractivity contribution in [3.05, 3.63) is 23.8 Å². The molecule has 0 fully saturated rings. The molecule has 76 valence electrons. The Hall–Kier alpha value is -1.01. The second-order valence-electron chi connectivity index (χ2n) is 3.34. The summed E-state index contributed by atoms with van der Waals surface area (Å²) in [5.74, 6) is 0.